The number of nitrogens with zero attached hydrogens (tertiary/aromatic N) is 1. The van der Waals surface area contributed by atoms with Crippen LogP contribution in [0.4, 0.5) is 0 Å². The minimum atomic E-state index is -0.0148. The SMILES string of the molecule is O=C1CCCc2c(OCC(=O)c3c4n(c5ccccc35)CCNCC4)cccc21. The van der Waals surface area contributed by atoms with E-state index in [1.807, 2.05) is 36.4 Å². The van der Waals surface area contributed by atoms with Crippen molar-refractivity contribution < 1.29 is 14.3 Å². The molecule has 29 heavy (non-hydrogen) atoms. The molecule has 1 N–H and O–H groups in total. The van der Waals surface area contributed by atoms with Crippen molar-refractivity contribution in [2.45, 2.75) is 32.2 Å². The van der Waals surface area contributed by atoms with Crippen molar-refractivity contribution in [2.24, 2.45) is 0 Å². The highest BCUT2D eigenvalue weighted by molar-refractivity contribution is 6.10. The maximum Gasteiger partial charge on any atom is 0.202 e. The van der Waals surface area contributed by atoms with Gasteiger partial charge in [0.2, 0.25) is 5.78 Å². The van der Waals surface area contributed by atoms with Crippen LogP contribution in [0.5, 0.6) is 5.75 Å². The number of aromatic nitrogens is 1. The van der Waals surface area contributed by atoms with Gasteiger partial charge in [-0.05, 0) is 25.0 Å². The molecule has 5 rings (SSSR count). The molecule has 0 radical (unpaired) electrons. The molecule has 0 unspecified atom stereocenters. The summed E-state index contributed by atoms with van der Waals surface area (Å²) in [4.78, 5) is 25.5. The second-order valence-electron chi connectivity index (χ2n) is 7.76. The third-order valence-electron chi connectivity index (χ3n) is 6.03. The van der Waals surface area contributed by atoms with E-state index in [9.17, 15) is 9.59 Å². The van der Waals surface area contributed by atoms with Gasteiger partial charge in [0, 0.05) is 60.2 Å². The predicted octanol–water partition coefficient (Wildman–Crippen LogP) is 3.57. The lowest BCUT2D eigenvalue weighted by molar-refractivity contribution is 0.0921. The predicted molar refractivity (Wildman–Crippen MR) is 112 cm³/mol. The second-order valence-corrected chi connectivity index (χ2v) is 7.76. The molecular weight excluding hydrogens is 364 g/mol. The van der Waals surface area contributed by atoms with E-state index in [-0.39, 0.29) is 18.2 Å². The van der Waals surface area contributed by atoms with E-state index < -0.39 is 0 Å². The van der Waals surface area contributed by atoms with Crippen LogP contribution < -0.4 is 10.1 Å². The lowest BCUT2D eigenvalue weighted by Crippen LogP contribution is -2.18. The van der Waals surface area contributed by atoms with Crippen LogP contribution in [0.3, 0.4) is 0 Å². The summed E-state index contributed by atoms with van der Waals surface area (Å²) in [7, 11) is 0. The Balaban J connectivity index is 1.47. The lowest BCUT2D eigenvalue weighted by atomic mass is 9.90. The van der Waals surface area contributed by atoms with Gasteiger partial charge < -0.3 is 14.6 Å². The summed E-state index contributed by atoms with van der Waals surface area (Å²) in [6.07, 6.45) is 3.07. The fraction of sp³-hybridized carbons (Fsp3) is 0.333. The molecule has 2 heterocycles. The lowest BCUT2D eigenvalue weighted by Gasteiger charge is -2.18. The minimum absolute atomic E-state index is 0.00316. The number of hydrogen-bond donors (Lipinski definition) is 1. The number of benzene rings is 2. The van der Waals surface area contributed by atoms with Gasteiger partial charge in [0.25, 0.3) is 0 Å². The van der Waals surface area contributed by atoms with E-state index in [1.54, 1.807) is 0 Å². The molecule has 1 aliphatic heterocycles. The Labute approximate surface area is 169 Å². The third kappa shape index (κ3) is 3.15. The fourth-order valence-corrected chi connectivity index (χ4v) is 4.70. The van der Waals surface area contributed by atoms with Crippen molar-refractivity contribution in [3.05, 3.63) is 64.8 Å². The number of ketones is 2. The zero-order valence-corrected chi connectivity index (χ0v) is 16.4. The van der Waals surface area contributed by atoms with Crippen LogP contribution in [0.25, 0.3) is 10.9 Å². The molecule has 0 atom stereocenters. The van der Waals surface area contributed by atoms with Gasteiger partial charge in [-0.2, -0.15) is 0 Å². The smallest absolute Gasteiger partial charge is 0.202 e. The number of hydrogen-bond acceptors (Lipinski definition) is 4. The molecule has 3 aromatic rings. The second kappa shape index (κ2) is 7.48. The van der Waals surface area contributed by atoms with Crippen molar-refractivity contribution in [2.75, 3.05) is 19.7 Å². The van der Waals surface area contributed by atoms with Gasteiger partial charge in [-0.3, -0.25) is 9.59 Å². The topological polar surface area (TPSA) is 60.3 Å². The van der Waals surface area contributed by atoms with Crippen molar-refractivity contribution in [1.29, 1.82) is 0 Å². The van der Waals surface area contributed by atoms with E-state index in [2.05, 4.69) is 16.0 Å². The highest BCUT2D eigenvalue weighted by Gasteiger charge is 2.25. The van der Waals surface area contributed by atoms with Gasteiger partial charge in [-0.15, -0.1) is 0 Å². The highest BCUT2D eigenvalue weighted by atomic mass is 16.5. The van der Waals surface area contributed by atoms with Gasteiger partial charge in [0.15, 0.2) is 12.4 Å². The number of fused-ring (bicyclic) bond motifs is 4. The Morgan fingerprint density at radius 1 is 1.03 bits per heavy atom. The molecule has 148 valence electrons. The van der Waals surface area contributed by atoms with E-state index >= 15 is 0 Å². The molecule has 0 spiro atoms. The molecule has 5 nitrogen and oxygen atoms in total. The van der Waals surface area contributed by atoms with Crippen molar-refractivity contribution in [1.82, 2.24) is 9.88 Å². The van der Waals surface area contributed by atoms with Crippen molar-refractivity contribution in [3.63, 3.8) is 0 Å². The Hall–Kier alpha value is -2.92. The van der Waals surface area contributed by atoms with E-state index in [1.165, 1.54) is 0 Å². The number of para-hydroxylation sites is 1. The molecule has 5 heteroatoms. The van der Waals surface area contributed by atoms with Crippen LogP contribution in [0.1, 0.15) is 44.8 Å². The Morgan fingerprint density at radius 3 is 2.86 bits per heavy atom. The Kier molecular flexibility index (Phi) is 4.68. The largest absolute Gasteiger partial charge is 0.485 e. The molecule has 1 aromatic heterocycles. The molecule has 0 saturated heterocycles. The molecule has 0 fully saturated rings. The Morgan fingerprint density at radius 2 is 1.93 bits per heavy atom. The molecule has 2 aromatic carbocycles. The zero-order valence-electron chi connectivity index (χ0n) is 16.4. The van der Waals surface area contributed by atoms with Gasteiger partial charge in [-0.25, -0.2) is 0 Å². The first kappa shape index (κ1) is 18.1. The zero-order chi connectivity index (χ0) is 19.8. The number of carbonyl (C=O) groups is 2. The van der Waals surface area contributed by atoms with Crippen LogP contribution >= 0.6 is 0 Å². The summed E-state index contributed by atoms with van der Waals surface area (Å²) in [5.74, 6) is 0.830. The van der Waals surface area contributed by atoms with Crippen LogP contribution in [-0.2, 0) is 19.4 Å². The number of Topliss-reactive ketones (excluding diaryl/α,β-unsaturated/α-hetero) is 2. The number of ether oxygens (including phenoxy) is 1. The van der Waals surface area contributed by atoms with E-state index in [4.69, 9.17) is 4.74 Å². The van der Waals surface area contributed by atoms with Crippen LogP contribution in [0.2, 0.25) is 0 Å². The average Bonchev–Trinajstić information content (AvgIpc) is 2.88. The van der Waals surface area contributed by atoms with Gasteiger partial charge >= 0.3 is 0 Å². The molecule has 0 amide bonds. The first-order chi connectivity index (χ1) is 14.2. The number of rotatable bonds is 4. The molecule has 2 aliphatic rings. The number of carbonyl (C=O) groups excluding carboxylic acids is 2. The molecule has 0 saturated carbocycles. The molecular formula is C24H24N2O3. The van der Waals surface area contributed by atoms with Crippen LogP contribution in [-0.4, -0.2) is 35.8 Å². The summed E-state index contributed by atoms with van der Waals surface area (Å²) in [6.45, 7) is 2.61. The van der Waals surface area contributed by atoms with Crippen molar-refractivity contribution >= 4 is 22.5 Å². The quantitative estimate of drug-likeness (QED) is 0.694. The minimum Gasteiger partial charge on any atom is -0.485 e. The first-order valence-corrected chi connectivity index (χ1v) is 10.4. The van der Waals surface area contributed by atoms with Crippen LogP contribution in [0.15, 0.2) is 42.5 Å². The average molecular weight is 388 g/mol. The summed E-state index contributed by atoms with van der Waals surface area (Å²) in [5.41, 5.74) is 4.68. The van der Waals surface area contributed by atoms with Crippen LogP contribution in [0, 0.1) is 0 Å². The number of nitrogens with one attached hydrogen (secondary N) is 1. The fourth-order valence-electron chi connectivity index (χ4n) is 4.70. The normalized spacial score (nSPS) is 16.2. The maximum absolute atomic E-state index is 13.3. The van der Waals surface area contributed by atoms with Gasteiger partial charge in [0.1, 0.15) is 5.75 Å². The molecule has 0 bridgehead atoms. The summed E-state index contributed by atoms with van der Waals surface area (Å²) in [5, 5.41) is 4.41. The molecule has 1 aliphatic carbocycles. The first-order valence-electron chi connectivity index (χ1n) is 10.4. The standard InChI is InChI=1S/C24H24N2O3/c27-21-9-3-7-17-16(21)6-4-10-23(17)29-15-22(28)24-18-5-1-2-8-19(18)26-14-13-25-12-11-20(24)26/h1-2,4-6,8,10,25H,3,7,9,11-15H2. The Bertz CT molecular complexity index is 1110. The van der Waals surface area contributed by atoms with Gasteiger partial charge in [-0.1, -0.05) is 30.3 Å². The summed E-state index contributed by atoms with van der Waals surface area (Å²) >= 11 is 0. The van der Waals surface area contributed by atoms with E-state index in [0.29, 0.717) is 12.2 Å². The van der Waals surface area contributed by atoms with E-state index in [0.717, 1.165) is 72.2 Å². The monoisotopic (exact) mass is 388 g/mol. The maximum atomic E-state index is 13.3. The summed E-state index contributed by atoms with van der Waals surface area (Å²) in [6, 6.07) is 13.7. The highest BCUT2D eigenvalue weighted by Crippen LogP contribution is 2.31. The van der Waals surface area contributed by atoms with Crippen molar-refractivity contribution in [3.8, 4) is 5.75 Å². The van der Waals surface area contributed by atoms with Gasteiger partial charge in [0.05, 0.1) is 5.56 Å². The summed E-state index contributed by atoms with van der Waals surface area (Å²) < 4.78 is 8.25. The third-order valence-corrected chi connectivity index (χ3v) is 6.03.